The van der Waals surface area contributed by atoms with E-state index in [2.05, 4.69) is 5.32 Å². The van der Waals surface area contributed by atoms with Crippen LogP contribution >= 0.6 is 0 Å². The molecule has 0 aliphatic rings. The molecule has 20 heavy (non-hydrogen) atoms. The van der Waals surface area contributed by atoms with Crippen LogP contribution in [0.5, 0.6) is 11.5 Å². The number of hydrogen-bond acceptors (Lipinski definition) is 3. The topological polar surface area (TPSA) is 30.5 Å². The number of rotatable bonds is 5. The lowest BCUT2D eigenvalue weighted by Crippen LogP contribution is -2.02. The SMILES string of the molecule is COc1cc(NCc2ccc(F)cc2F)cc(OC)c1. The quantitative estimate of drug-likeness (QED) is 0.907. The van der Waals surface area contributed by atoms with Gasteiger partial charge < -0.3 is 14.8 Å². The second kappa shape index (κ2) is 6.23. The Morgan fingerprint density at radius 1 is 0.950 bits per heavy atom. The molecule has 1 N–H and O–H groups in total. The molecule has 0 bridgehead atoms. The lowest BCUT2D eigenvalue weighted by Gasteiger charge is -2.11. The van der Waals surface area contributed by atoms with Crippen molar-refractivity contribution < 1.29 is 18.3 Å². The Morgan fingerprint density at radius 2 is 1.60 bits per heavy atom. The van der Waals surface area contributed by atoms with Crippen LogP contribution < -0.4 is 14.8 Å². The number of ether oxygens (including phenoxy) is 2. The van der Waals surface area contributed by atoms with E-state index in [4.69, 9.17) is 9.47 Å². The van der Waals surface area contributed by atoms with Crippen LogP contribution in [0.2, 0.25) is 0 Å². The first-order valence-corrected chi connectivity index (χ1v) is 6.03. The van der Waals surface area contributed by atoms with Crippen molar-refractivity contribution in [3.8, 4) is 11.5 Å². The van der Waals surface area contributed by atoms with Gasteiger partial charge in [0.2, 0.25) is 0 Å². The van der Waals surface area contributed by atoms with E-state index in [-0.39, 0.29) is 6.54 Å². The molecule has 106 valence electrons. The summed E-state index contributed by atoms with van der Waals surface area (Å²) < 4.78 is 36.6. The molecule has 2 rings (SSSR count). The van der Waals surface area contributed by atoms with Crippen molar-refractivity contribution in [1.82, 2.24) is 0 Å². The largest absolute Gasteiger partial charge is 0.497 e. The lowest BCUT2D eigenvalue weighted by molar-refractivity contribution is 0.394. The number of hydrogen-bond donors (Lipinski definition) is 1. The monoisotopic (exact) mass is 279 g/mol. The van der Waals surface area contributed by atoms with Crippen molar-refractivity contribution in [2.45, 2.75) is 6.54 Å². The minimum Gasteiger partial charge on any atom is -0.497 e. The summed E-state index contributed by atoms with van der Waals surface area (Å²) >= 11 is 0. The van der Waals surface area contributed by atoms with Crippen molar-refractivity contribution in [2.24, 2.45) is 0 Å². The first-order valence-electron chi connectivity index (χ1n) is 6.03. The molecule has 0 aliphatic carbocycles. The van der Waals surface area contributed by atoms with E-state index in [0.29, 0.717) is 17.1 Å². The van der Waals surface area contributed by atoms with Crippen LogP contribution in [0.3, 0.4) is 0 Å². The van der Waals surface area contributed by atoms with Crippen molar-refractivity contribution in [3.05, 3.63) is 53.6 Å². The second-order valence-electron chi connectivity index (χ2n) is 4.19. The fourth-order valence-electron chi connectivity index (χ4n) is 1.77. The van der Waals surface area contributed by atoms with Gasteiger partial charge in [-0.05, 0) is 6.07 Å². The molecule has 2 aromatic rings. The van der Waals surface area contributed by atoms with Gasteiger partial charge in [-0.2, -0.15) is 0 Å². The predicted molar refractivity (Wildman–Crippen MR) is 73.2 cm³/mol. The molecular formula is C15H15F2NO2. The van der Waals surface area contributed by atoms with Crippen LogP contribution in [0.15, 0.2) is 36.4 Å². The minimum absolute atomic E-state index is 0.239. The zero-order valence-corrected chi connectivity index (χ0v) is 11.2. The molecule has 0 saturated heterocycles. The van der Waals surface area contributed by atoms with Gasteiger partial charge in [0, 0.05) is 42.1 Å². The molecule has 0 spiro atoms. The Kier molecular flexibility index (Phi) is 4.40. The van der Waals surface area contributed by atoms with E-state index in [1.165, 1.54) is 12.1 Å². The maximum atomic E-state index is 13.5. The van der Waals surface area contributed by atoms with Crippen molar-refractivity contribution in [3.63, 3.8) is 0 Å². The second-order valence-corrected chi connectivity index (χ2v) is 4.19. The van der Waals surface area contributed by atoms with Gasteiger partial charge in [0.25, 0.3) is 0 Å². The Bertz CT molecular complexity index is 580. The van der Waals surface area contributed by atoms with Gasteiger partial charge in [-0.15, -0.1) is 0 Å². The molecule has 5 heteroatoms. The standard InChI is InChI=1S/C15H15F2NO2/c1-19-13-6-12(7-14(8-13)20-2)18-9-10-3-4-11(16)5-15(10)17/h3-8,18H,9H2,1-2H3. The molecule has 0 unspecified atom stereocenters. The number of methoxy groups -OCH3 is 2. The van der Waals surface area contributed by atoms with Gasteiger partial charge in [0.1, 0.15) is 23.1 Å². The van der Waals surface area contributed by atoms with Gasteiger partial charge >= 0.3 is 0 Å². The highest BCUT2D eigenvalue weighted by atomic mass is 19.1. The van der Waals surface area contributed by atoms with Gasteiger partial charge in [-0.1, -0.05) is 6.07 Å². The summed E-state index contributed by atoms with van der Waals surface area (Å²) in [7, 11) is 3.11. The number of anilines is 1. The highest BCUT2D eigenvalue weighted by molar-refractivity contribution is 5.54. The van der Waals surface area contributed by atoms with Crippen LogP contribution in [0, 0.1) is 11.6 Å². The van der Waals surface area contributed by atoms with Gasteiger partial charge in [0.15, 0.2) is 0 Å². The van der Waals surface area contributed by atoms with Gasteiger partial charge in [-0.25, -0.2) is 8.78 Å². The maximum Gasteiger partial charge on any atom is 0.131 e. The maximum absolute atomic E-state index is 13.5. The average Bonchev–Trinajstić information content (AvgIpc) is 2.46. The molecule has 0 radical (unpaired) electrons. The molecule has 0 saturated carbocycles. The van der Waals surface area contributed by atoms with E-state index in [0.717, 1.165) is 11.8 Å². The third kappa shape index (κ3) is 3.38. The van der Waals surface area contributed by atoms with E-state index in [9.17, 15) is 8.78 Å². The fraction of sp³-hybridized carbons (Fsp3) is 0.200. The van der Waals surface area contributed by atoms with Crippen molar-refractivity contribution >= 4 is 5.69 Å². The number of benzene rings is 2. The molecule has 0 fully saturated rings. The van der Waals surface area contributed by atoms with E-state index >= 15 is 0 Å². The summed E-state index contributed by atoms with van der Waals surface area (Å²) in [6.07, 6.45) is 0. The lowest BCUT2D eigenvalue weighted by atomic mass is 10.2. The van der Waals surface area contributed by atoms with Crippen LogP contribution in [-0.2, 0) is 6.54 Å². The Morgan fingerprint density at radius 3 is 2.15 bits per heavy atom. The first-order chi connectivity index (χ1) is 9.62. The summed E-state index contributed by atoms with van der Waals surface area (Å²) in [6, 6.07) is 8.78. The van der Waals surface area contributed by atoms with E-state index in [1.54, 1.807) is 32.4 Å². The Balaban J connectivity index is 2.13. The minimum atomic E-state index is -0.589. The van der Waals surface area contributed by atoms with Crippen LogP contribution in [0.25, 0.3) is 0 Å². The van der Waals surface area contributed by atoms with E-state index in [1.807, 2.05) is 0 Å². The van der Waals surface area contributed by atoms with Crippen molar-refractivity contribution in [2.75, 3.05) is 19.5 Å². The third-order valence-corrected chi connectivity index (χ3v) is 2.85. The third-order valence-electron chi connectivity index (χ3n) is 2.85. The molecule has 0 aromatic heterocycles. The summed E-state index contributed by atoms with van der Waals surface area (Å²) in [6.45, 7) is 0.239. The number of halogens is 2. The summed E-state index contributed by atoms with van der Waals surface area (Å²) in [5.41, 5.74) is 1.11. The van der Waals surface area contributed by atoms with Gasteiger partial charge in [-0.3, -0.25) is 0 Å². The zero-order chi connectivity index (χ0) is 14.5. The summed E-state index contributed by atoms with van der Waals surface area (Å²) in [5.74, 6) is 0.0968. The summed E-state index contributed by atoms with van der Waals surface area (Å²) in [4.78, 5) is 0. The summed E-state index contributed by atoms with van der Waals surface area (Å²) in [5, 5.41) is 3.05. The Labute approximate surface area is 116 Å². The molecular weight excluding hydrogens is 264 g/mol. The molecule has 3 nitrogen and oxygen atoms in total. The smallest absolute Gasteiger partial charge is 0.131 e. The van der Waals surface area contributed by atoms with E-state index < -0.39 is 11.6 Å². The normalized spacial score (nSPS) is 10.2. The highest BCUT2D eigenvalue weighted by Gasteiger charge is 2.05. The first kappa shape index (κ1) is 14.1. The molecule has 0 amide bonds. The molecule has 2 aromatic carbocycles. The van der Waals surface area contributed by atoms with Gasteiger partial charge in [0.05, 0.1) is 14.2 Å². The van der Waals surface area contributed by atoms with Crippen LogP contribution in [0.1, 0.15) is 5.56 Å². The molecule has 0 atom stereocenters. The Hall–Kier alpha value is -2.30. The average molecular weight is 279 g/mol. The highest BCUT2D eigenvalue weighted by Crippen LogP contribution is 2.26. The molecule has 0 aliphatic heterocycles. The van der Waals surface area contributed by atoms with Crippen molar-refractivity contribution in [1.29, 1.82) is 0 Å². The predicted octanol–water partition coefficient (Wildman–Crippen LogP) is 3.59. The number of nitrogens with one attached hydrogen (secondary N) is 1. The fourth-order valence-corrected chi connectivity index (χ4v) is 1.77. The van der Waals surface area contributed by atoms with Crippen LogP contribution in [-0.4, -0.2) is 14.2 Å². The molecule has 0 heterocycles. The van der Waals surface area contributed by atoms with Crippen LogP contribution in [0.4, 0.5) is 14.5 Å². The zero-order valence-electron chi connectivity index (χ0n) is 11.2.